The number of fused-ring (bicyclic) bond motifs is 1. The molecule has 1 aliphatic heterocycles. The summed E-state index contributed by atoms with van der Waals surface area (Å²) in [6.07, 6.45) is 3.92. The second kappa shape index (κ2) is 8.55. The molecule has 2 N–H and O–H groups in total. The lowest BCUT2D eigenvalue weighted by Crippen LogP contribution is -2.45. The predicted octanol–water partition coefficient (Wildman–Crippen LogP) is 6.01. The van der Waals surface area contributed by atoms with Gasteiger partial charge in [-0.3, -0.25) is 4.79 Å². The lowest BCUT2D eigenvalue weighted by molar-refractivity contribution is 0.0952. The van der Waals surface area contributed by atoms with E-state index in [0.717, 1.165) is 17.7 Å². The quantitative estimate of drug-likeness (QED) is 0.373. The molecule has 0 spiro atoms. The SMILES string of the molecule is CCN1c2cc(C)c(/C=N\NC(=O)c3cc(Br)cc(Br)c3O)cc2C(C)=CC1(C)C. The third-order valence-electron chi connectivity index (χ3n) is 5.32. The zero-order chi connectivity index (χ0) is 22.2. The fourth-order valence-electron chi connectivity index (χ4n) is 3.92. The standard InChI is InChI=1S/C23H25Br2N3O2/c1-6-28-20-7-13(2)15(8-17(20)14(3)11-23(28,4)5)12-26-27-22(30)18-9-16(24)10-19(25)21(18)29/h7-12,29H,6H2,1-5H3,(H,27,30)/b26-12-. The number of nitrogens with zero attached hydrogens (tertiary/aromatic N) is 2. The van der Waals surface area contributed by atoms with Gasteiger partial charge in [-0.2, -0.15) is 5.10 Å². The van der Waals surface area contributed by atoms with Crippen LogP contribution in [-0.2, 0) is 0 Å². The Morgan fingerprint density at radius 1 is 1.23 bits per heavy atom. The minimum Gasteiger partial charge on any atom is -0.506 e. The van der Waals surface area contributed by atoms with Crippen molar-refractivity contribution < 1.29 is 9.90 Å². The monoisotopic (exact) mass is 533 g/mol. The summed E-state index contributed by atoms with van der Waals surface area (Å²) in [6, 6.07) is 7.50. The summed E-state index contributed by atoms with van der Waals surface area (Å²) < 4.78 is 1.11. The molecule has 5 nitrogen and oxygen atoms in total. The first-order chi connectivity index (χ1) is 14.0. The normalized spacial score (nSPS) is 15.2. The number of anilines is 1. The number of likely N-dealkylation sites (N-methyl/N-ethyl adjacent to an activating group) is 1. The summed E-state index contributed by atoms with van der Waals surface area (Å²) in [5.41, 5.74) is 8.20. The number of amides is 1. The Labute approximate surface area is 194 Å². The van der Waals surface area contributed by atoms with Gasteiger partial charge in [0.1, 0.15) is 5.75 Å². The van der Waals surface area contributed by atoms with E-state index in [9.17, 15) is 9.90 Å². The van der Waals surface area contributed by atoms with Gasteiger partial charge in [-0.25, -0.2) is 5.43 Å². The Morgan fingerprint density at radius 3 is 2.60 bits per heavy atom. The zero-order valence-corrected chi connectivity index (χ0v) is 20.8. The first-order valence-corrected chi connectivity index (χ1v) is 11.3. The van der Waals surface area contributed by atoms with Crippen molar-refractivity contribution in [1.82, 2.24) is 5.43 Å². The average Bonchev–Trinajstić information content (AvgIpc) is 2.65. The van der Waals surface area contributed by atoms with E-state index in [-0.39, 0.29) is 16.9 Å². The molecule has 2 aromatic rings. The highest BCUT2D eigenvalue weighted by Gasteiger charge is 2.30. The number of carbonyl (C=O) groups is 1. The van der Waals surface area contributed by atoms with Gasteiger partial charge in [0.15, 0.2) is 0 Å². The van der Waals surface area contributed by atoms with E-state index in [4.69, 9.17) is 0 Å². The molecule has 1 amide bonds. The Kier molecular flexibility index (Phi) is 6.43. The highest BCUT2D eigenvalue weighted by molar-refractivity contribution is 9.11. The maximum atomic E-state index is 12.4. The molecule has 1 aliphatic rings. The molecule has 7 heteroatoms. The third kappa shape index (κ3) is 4.32. The molecule has 1 heterocycles. The average molecular weight is 535 g/mol. The molecule has 0 radical (unpaired) electrons. The fraction of sp³-hybridized carbons (Fsp3) is 0.304. The van der Waals surface area contributed by atoms with Gasteiger partial charge in [-0.1, -0.05) is 22.0 Å². The van der Waals surface area contributed by atoms with E-state index in [1.54, 1.807) is 18.3 Å². The molecular weight excluding hydrogens is 510 g/mol. The van der Waals surface area contributed by atoms with Crippen LogP contribution in [0.2, 0.25) is 0 Å². The van der Waals surface area contributed by atoms with Crippen LogP contribution in [-0.4, -0.2) is 29.3 Å². The highest BCUT2D eigenvalue weighted by Crippen LogP contribution is 2.39. The van der Waals surface area contributed by atoms with Gasteiger partial charge in [-0.15, -0.1) is 0 Å². The summed E-state index contributed by atoms with van der Waals surface area (Å²) in [6.45, 7) is 11.7. The van der Waals surface area contributed by atoms with Crippen LogP contribution in [0.15, 0.2) is 44.4 Å². The van der Waals surface area contributed by atoms with E-state index in [0.29, 0.717) is 8.95 Å². The number of hydrogen-bond acceptors (Lipinski definition) is 4. The molecule has 0 aliphatic carbocycles. The zero-order valence-electron chi connectivity index (χ0n) is 17.7. The maximum Gasteiger partial charge on any atom is 0.275 e. The van der Waals surface area contributed by atoms with Crippen LogP contribution in [0.25, 0.3) is 5.57 Å². The fourth-order valence-corrected chi connectivity index (χ4v) is 5.15. The van der Waals surface area contributed by atoms with Crippen LogP contribution < -0.4 is 10.3 Å². The molecule has 2 aromatic carbocycles. The van der Waals surface area contributed by atoms with Crippen molar-refractivity contribution >= 4 is 55.2 Å². The Morgan fingerprint density at radius 2 is 1.93 bits per heavy atom. The van der Waals surface area contributed by atoms with E-state index in [2.05, 4.69) is 93.2 Å². The van der Waals surface area contributed by atoms with Crippen molar-refractivity contribution in [3.63, 3.8) is 0 Å². The number of carbonyl (C=O) groups excluding carboxylic acids is 1. The van der Waals surface area contributed by atoms with E-state index in [1.807, 2.05) is 6.92 Å². The Balaban J connectivity index is 1.87. The number of aryl methyl sites for hydroxylation is 1. The maximum absolute atomic E-state index is 12.4. The highest BCUT2D eigenvalue weighted by atomic mass is 79.9. The van der Waals surface area contributed by atoms with Crippen LogP contribution in [0.1, 0.15) is 54.7 Å². The molecule has 0 atom stereocenters. The molecular formula is C23H25Br2N3O2. The molecule has 158 valence electrons. The summed E-state index contributed by atoms with van der Waals surface area (Å²) in [5.74, 6) is -0.616. The van der Waals surface area contributed by atoms with Gasteiger partial charge in [0.25, 0.3) is 5.91 Å². The molecule has 30 heavy (non-hydrogen) atoms. The second-order valence-corrected chi connectivity index (χ2v) is 9.70. The van der Waals surface area contributed by atoms with Gasteiger partial charge in [0.05, 0.1) is 21.8 Å². The number of phenolic OH excluding ortho intramolecular Hbond substituents is 1. The number of nitrogens with one attached hydrogen (secondary N) is 1. The summed E-state index contributed by atoms with van der Waals surface area (Å²) in [4.78, 5) is 14.8. The lowest BCUT2D eigenvalue weighted by Gasteiger charge is -2.43. The van der Waals surface area contributed by atoms with Gasteiger partial charge in [0, 0.05) is 22.3 Å². The Hall–Kier alpha value is -2.12. The van der Waals surface area contributed by atoms with Crippen LogP contribution >= 0.6 is 31.9 Å². The van der Waals surface area contributed by atoms with Crippen molar-refractivity contribution in [1.29, 1.82) is 0 Å². The van der Waals surface area contributed by atoms with Crippen LogP contribution in [0.4, 0.5) is 5.69 Å². The van der Waals surface area contributed by atoms with E-state index >= 15 is 0 Å². The molecule has 0 bridgehead atoms. The van der Waals surface area contributed by atoms with Crippen molar-refractivity contribution in [3.05, 3.63) is 61.5 Å². The molecule has 0 saturated heterocycles. The number of rotatable bonds is 4. The minimum atomic E-state index is -0.489. The van der Waals surface area contributed by atoms with Crippen LogP contribution in [0, 0.1) is 6.92 Å². The minimum absolute atomic E-state index is 0.0396. The smallest absolute Gasteiger partial charge is 0.275 e. The van der Waals surface area contributed by atoms with Crippen molar-refractivity contribution in [2.24, 2.45) is 5.10 Å². The first kappa shape index (κ1) is 22.6. The molecule has 0 fully saturated rings. The number of halogens is 2. The number of aromatic hydroxyl groups is 1. The van der Waals surface area contributed by atoms with Crippen molar-refractivity contribution in [2.75, 3.05) is 11.4 Å². The third-order valence-corrected chi connectivity index (χ3v) is 6.39. The second-order valence-electron chi connectivity index (χ2n) is 7.93. The van der Waals surface area contributed by atoms with Gasteiger partial charge in [-0.05, 0) is 91.5 Å². The predicted molar refractivity (Wildman–Crippen MR) is 130 cm³/mol. The lowest BCUT2D eigenvalue weighted by atomic mass is 9.87. The van der Waals surface area contributed by atoms with Crippen molar-refractivity contribution in [2.45, 2.75) is 40.2 Å². The Bertz CT molecular complexity index is 1070. The van der Waals surface area contributed by atoms with E-state index in [1.165, 1.54) is 16.8 Å². The molecule has 0 saturated carbocycles. The van der Waals surface area contributed by atoms with Gasteiger partial charge < -0.3 is 10.0 Å². The number of benzene rings is 2. The largest absolute Gasteiger partial charge is 0.506 e. The van der Waals surface area contributed by atoms with Gasteiger partial charge >= 0.3 is 0 Å². The number of allylic oxidation sites excluding steroid dienone is 1. The van der Waals surface area contributed by atoms with Crippen molar-refractivity contribution in [3.8, 4) is 5.75 Å². The summed E-state index contributed by atoms with van der Waals surface area (Å²) in [5, 5.41) is 14.2. The summed E-state index contributed by atoms with van der Waals surface area (Å²) >= 11 is 6.55. The van der Waals surface area contributed by atoms with Crippen LogP contribution in [0.3, 0.4) is 0 Å². The van der Waals surface area contributed by atoms with E-state index < -0.39 is 5.91 Å². The molecule has 0 unspecified atom stereocenters. The number of hydrogen-bond donors (Lipinski definition) is 2. The molecule has 0 aromatic heterocycles. The molecule has 3 rings (SSSR count). The number of hydrazone groups is 1. The van der Waals surface area contributed by atoms with Gasteiger partial charge in [0.2, 0.25) is 0 Å². The van der Waals surface area contributed by atoms with Crippen LogP contribution in [0.5, 0.6) is 5.75 Å². The summed E-state index contributed by atoms with van der Waals surface area (Å²) in [7, 11) is 0. The number of phenols is 1. The first-order valence-electron chi connectivity index (χ1n) is 9.68. The topological polar surface area (TPSA) is 64.9 Å².